The number of carbonyl (C=O) groups excluding carboxylic acids is 1. The second-order valence-electron chi connectivity index (χ2n) is 12.8. The summed E-state index contributed by atoms with van der Waals surface area (Å²) in [6.45, 7) is 14.9. The van der Waals surface area contributed by atoms with E-state index in [4.69, 9.17) is 0 Å². The summed E-state index contributed by atoms with van der Waals surface area (Å²) in [5, 5.41) is 11.1. The van der Waals surface area contributed by atoms with Gasteiger partial charge in [-0.3, -0.25) is 4.79 Å². The third-order valence-electron chi connectivity index (χ3n) is 7.28. The summed E-state index contributed by atoms with van der Waals surface area (Å²) in [5.41, 5.74) is 2.38. The Labute approximate surface area is 229 Å². The molecule has 0 amide bonds. The number of phenolic OH excluding ortho intramolecular Hbond substituents is 1. The Bertz CT molecular complexity index is 1250. The molecule has 2 unspecified atom stereocenters. The van der Waals surface area contributed by atoms with Crippen molar-refractivity contribution in [3.05, 3.63) is 64.7 Å². The van der Waals surface area contributed by atoms with Crippen molar-refractivity contribution in [3.63, 3.8) is 0 Å². The molecule has 1 heterocycles. The summed E-state index contributed by atoms with van der Waals surface area (Å²) in [5.74, 6) is 0.707. The third kappa shape index (κ3) is 7.25. The van der Waals surface area contributed by atoms with Crippen molar-refractivity contribution in [2.75, 3.05) is 19.3 Å². The highest BCUT2D eigenvalue weighted by molar-refractivity contribution is 7.89. The van der Waals surface area contributed by atoms with Crippen molar-refractivity contribution < 1.29 is 18.3 Å². The van der Waals surface area contributed by atoms with E-state index in [2.05, 4.69) is 11.3 Å². The number of nitrogens with zero attached hydrogens (tertiary/aromatic N) is 2. The molecule has 2 atom stereocenters. The zero-order valence-electron chi connectivity index (χ0n) is 24.2. The molecular formula is C31H44N2O4S. The van der Waals surface area contributed by atoms with Crippen LogP contribution >= 0.6 is 0 Å². The number of carbonyl (C=O) groups is 1. The Kier molecular flexibility index (Phi) is 8.81. The molecule has 2 aromatic carbocycles. The van der Waals surface area contributed by atoms with E-state index < -0.39 is 10.0 Å². The van der Waals surface area contributed by atoms with Crippen LogP contribution < -0.4 is 0 Å². The molecule has 0 radical (unpaired) electrons. The average Bonchev–Trinajstić information content (AvgIpc) is 3.07. The molecule has 1 aliphatic heterocycles. The van der Waals surface area contributed by atoms with Gasteiger partial charge >= 0.3 is 0 Å². The van der Waals surface area contributed by atoms with Crippen LogP contribution in [0.4, 0.5) is 0 Å². The SMILES string of the molecule is CCCC1CN(CC(=O)c2cc(C(C)(C)C)c(O)c(C(C)(C)C)c2)/C(=N\S(C)(=O)=O)C1Cc1ccccc1. The molecule has 1 aliphatic rings. The van der Waals surface area contributed by atoms with E-state index in [0.717, 1.165) is 35.8 Å². The Morgan fingerprint density at radius 3 is 2.05 bits per heavy atom. The Morgan fingerprint density at radius 1 is 1.03 bits per heavy atom. The van der Waals surface area contributed by atoms with Crippen LogP contribution in [0.3, 0.4) is 0 Å². The number of phenols is 1. The summed E-state index contributed by atoms with van der Waals surface area (Å²) in [7, 11) is -3.66. The standard InChI is InChI=1S/C31H44N2O4S/c1-9-13-22-19-33(29(32-38(8,36)37)24(22)16-21-14-11-10-12-15-21)20-27(34)23-17-25(30(2,3)4)28(35)26(18-23)31(5,6)7/h10-12,14-15,17-18,22,24,35H,9,13,16,19-20H2,1-8H3/b32-29-. The van der Waals surface area contributed by atoms with E-state index in [1.165, 1.54) is 0 Å². The zero-order valence-corrected chi connectivity index (χ0v) is 25.0. The van der Waals surface area contributed by atoms with Gasteiger partial charge in [0, 0.05) is 29.2 Å². The fourth-order valence-electron chi connectivity index (χ4n) is 5.38. The topological polar surface area (TPSA) is 87.0 Å². The van der Waals surface area contributed by atoms with Crippen LogP contribution in [0.2, 0.25) is 0 Å². The molecule has 1 saturated heterocycles. The second-order valence-corrected chi connectivity index (χ2v) is 14.4. The van der Waals surface area contributed by atoms with Crippen LogP contribution in [0.1, 0.15) is 88.4 Å². The highest BCUT2D eigenvalue weighted by atomic mass is 32.2. The van der Waals surface area contributed by atoms with Crippen molar-refractivity contribution in [2.45, 2.75) is 78.6 Å². The van der Waals surface area contributed by atoms with Crippen molar-refractivity contribution in [2.24, 2.45) is 16.2 Å². The minimum Gasteiger partial charge on any atom is -0.507 e. The number of sulfonamides is 1. The van der Waals surface area contributed by atoms with Crippen molar-refractivity contribution in [1.82, 2.24) is 4.90 Å². The number of hydrogen-bond acceptors (Lipinski definition) is 4. The lowest BCUT2D eigenvalue weighted by Crippen LogP contribution is -2.34. The number of hydrogen-bond donors (Lipinski definition) is 1. The Morgan fingerprint density at radius 2 is 1.58 bits per heavy atom. The lowest BCUT2D eigenvalue weighted by Gasteiger charge is -2.28. The molecule has 208 valence electrons. The molecule has 3 rings (SSSR count). The molecule has 2 aromatic rings. The minimum absolute atomic E-state index is 0.0395. The summed E-state index contributed by atoms with van der Waals surface area (Å²) >= 11 is 0. The lowest BCUT2D eigenvalue weighted by molar-refractivity contribution is 0.0963. The second kappa shape index (κ2) is 11.2. The maximum Gasteiger partial charge on any atom is 0.251 e. The molecule has 0 aliphatic carbocycles. The lowest BCUT2D eigenvalue weighted by atomic mass is 9.78. The van der Waals surface area contributed by atoms with Crippen LogP contribution in [0.5, 0.6) is 5.75 Å². The molecule has 7 heteroatoms. The van der Waals surface area contributed by atoms with Gasteiger partial charge in [0.25, 0.3) is 10.0 Å². The fraction of sp³-hybridized carbons (Fsp3) is 0.548. The normalized spacial score (nSPS) is 19.8. The number of likely N-dealkylation sites (tertiary alicyclic amines) is 1. The van der Waals surface area contributed by atoms with Crippen LogP contribution in [0.15, 0.2) is 46.9 Å². The first-order valence-corrected chi connectivity index (χ1v) is 15.4. The van der Waals surface area contributed by atoms with Crippen molar-refractivity contribution >= 4 is 21.6 Å². The van der Waals surface area contributed by atoms with Crippen LogP contribution in [0, 0.1) is 11.8 Å². The van der Waals surface area contributed by atoms with E-state index in [1.807, 2.05) is 76.8 Å². The minimum atomic E-state index is -3.66. The van der Waals surface area contributed by atoms with Gasteiger partial charge in [0.15, 0.2) is 5.78 Å². The molecule has 0 spiro atoms. The van der Waals surface area contributed by atoms with Crippen LogP contribution in [-0.2, 0) is 27.3 Å². The summed E-state index contributed by atoms with van der Waals surface area (Å²) in [4.78, 5) is 15.7. The van der Waals surface area contributed by atoms with E-state index >= 15 is 0 Å². The van der Waals surface area contributed by atoms with Gasteiger partial charge in [0.1, 0.15) is 11.6 Å². The molecule has 0 bridgehead atoms. The maximum atomic E-state index is 13.8. The highest BCUT2D eigenvalue weighted by Gasteiger charge is 2.40. The smallest absolute Gasteiger partial charge is 0.251 e. The van der Waals surface area contributed by atoms with Crippen molar-refractivity contribution in [1.29, 1.82) is 0 Å². The highest BCUT2D eigenvalue weighted by Crippen LogP contribution is 2.40. The van der Waals surface area contributed by atoms with E-state index in [9.17, 15) is 18.3 Å². The van der Waals surface area contributed by atoms with Crippen molar-refractivity contribution in [3.8, 4) is 5.75 Å². The first-order valence-electron chi connectivity index (χ1n) is 13.5. The number of benzene rings is 2. The number of rotatable bonds is 8. The van der Waals surface area contributed by atoms with Gasteiger partial charge in [-0.15, -0.1) is 0 Å². The molecule has 1 fully saturated rings. The van der Waals surface area contributed by atoms with Gasteiger partial charge in [-0.25, -0.2) is 8.42 Å². The summed E-state index contributed by atoms with van der Waals surface area (Å²) < 4.78 is 28.9. The number of Topliss-reactive ketones (excluding diaryl/α,β-unsaturated/α-hetero) is 1. The molecule has 0 aromatic heterocycles. The van der Waals surface area contributed by atoms with Gasteiger partial charge in [0.2, 0.25) is 0 Å². The van der Waals surface area contributed by atoms with Crippen LogP contribution in [0.25, 0.3) is 0 Å². The Balaban J connectivity index is 2.04. The average molecular weight is 541 g/mol. The molecular weight excluding hydrogens is 496 g/mol. The summed E-state index contributed by atoms with van der Waals surface area (Å²) in [6.07, 6.45) is 3.67. The van der Waals surface area contributed by atoms with Gasteiger partial charge in [-0.1, -0.05) is 85.2 Å². The van der Waals surface area contributed by atoms with Gasteiger partial charge in [0.05, 0.1) is 12.8 Å². The quantitative estimate of drug-likeness (QED) is 0.408. The predicted octanol–water partition coefficient (Wildman–Crippen LogP) is 6.12. The number of aromatic hydroxyl groups is 1. The largest absolute Gasteiger partial charge is 0.507 e. The molecule has 1 N–H and O–H groups in total. The predicted molar refractivity (Wildman–Crippen MR) is 156 cm³/mol. The first kappa shape index (κ1) is 29.9. The third-order valence-corrected chi connectivity index (χ3v) is 7.80. The maximum absolute atomic E-state index is 13.8. The molecule has 6 nitrogen and oxygen atoms in total. The molecule has 0 saturated carbocycles. The first-order chi connectivity index (χ1) is 17.5. The van der Waals surface area contributed by atoms with Gasteiger partial charge < -0.3 is 10.0 Å². The number of ketones is 1. The fourth-order valence-corrected chi connectivity index (χ4v) is 5.97. The summed E-state index contributed by atoms with van der Waals surface area (Å²) in [6, 6.07) is 13.6. The monoisotopic (exact) mass is 540 g/mol. The van der Waals surface area contributed by atoms with E-state index in [0.29, 0.717) is 24.4 Å². The van der Waals surface area contributed by atoms with Gasteiger partial charge in [-0.2, -0.15) is 4.40 Å². The molecule has 38 heavy (non-hydrogen) atoms. The van der Waals surface area contributed by atoms with Gasteiger partial charge in [-0.05, 0) is 47.3 Å². The van der Waals surface area contributed by atoms with E-state index in [1.54, 1.807) is 12.1 Å². The Hall–Kier alpha value is -2.67. The number of amidine groups is 1. The zero-order chi connectivity index (χ0) is 28.5. The van der Waals surface area contributed by atoms with Crippen LogP contribution in [-0.4, -0.2) is 49.4 Å². The van der Waals surface area contributed by atoms with E-state index in [-0.39, 0.29) is 40.7 Å².